The molecule has 5 heteroatoms. The van der Waals surface area contributed by atoms with Crippen LogP contribution >= 0.6 is 0 Å². The summed E-state index contributed by atoms with van der Waals surface area (Å²) < 4.78 is 0. The minimum Gasteiger partial charge on any atom is -0.335 e. The van der Waals surface area contributed by atoms with Gasteiger partial charge < -0.3 is 10.3 Å². The number of nitrogens with one attached hydrogen (secondary N) is 2. The number of nitrogens with zero attached hydrogens (tertiary/aromatic N) is 1. The molecular weight excluding hydrogens is 398 g/mol. The number of fused-ring (bicyclic) bond motifs is 1. The summed E-state index contributed by atoms with van der Waals surface area (Å²) in [5, 5.41) is 2.95. The zero-order valence-corrected chi connectivity index (χ0v) is 18.3. The molecule has 0 saturated carbocycles. The van der Waals surface area contributed by atoms with E-state index < -0.39 is 0 Å². The Hall–Kier alpha value is -3.99. The van der Waals surface area contributed by atoms with Gasteiger partial charge in [-0.3, -0.25) is 9.59 Å². The van der Waals surface area contributed by atoms with Gasteiger partial charge in [-0.25, -0.2) is 4.98 Å². The fourth-order valence-corrected chi connectivity index (χ4v) is 3.61. The number of carbonyl (C=O) groups is 2. The number of anilines is 1. The molecule has 4 rings (SSSR count). The van der Waals surface area contributed by atoms with Crippen molar-refractivity contribution in [2.75, 3.05) is 5.32 Å². The Morgan fingerprint density at radius 1 is 1.00 bits per heavy atom. The van der Waals surface area contributed by atoms with Crippen LogP contribution in [0.2, 0.25) is 0 Å². The van der Waals surface area contributed by atoms with Crippen molar-refractivity contribution in [3.63, 3.8) is 0 Å². The van der Waals surface area contributed by atoms with Crippen LogP contribution in [0.5, 0.6) is 0 Å². The predicted molar refractivity (Wildman–Crippen MR) is 129 cm³/mol. The number of rotatable bonds is 6. The van der Waals surface area contributed by atoms with Crippen LogP contribution in [0.3, 0.4) is 0 Å². The quantitative estimate of drug-likeness (QED) is 0.289. The third kappa shape index (κ3) is 4.67. The molecule has 160 valence electrons. The van der Waals surface area contributed by atoms with Crippen molar-refractivity contribution in [3.8, 4) is 0 Å². The molecule has 2 N–H and O–H groups in total. The highest BCUT2D eigenvalue weighted by molar-refractivity contribution is 6.06. The summed E-state index contributed by atoms with van der Waals surface area (Å²) in [4.78, 5) is 32.8. The predicted octanol–water partition coefficient (Wildman–Crippen LogP) is 6.14. The van der Waals surface area contributed by atoms with Gasteiger partial charge in [0.25, 0.3) is 5.91 Å². The maximum atomic E-state index is 12.8. The first-order valence-corrected chi connectivity index (χ1v) is 10.6. The third-order valence-corrected chi connectivity index (χ3v) is 5.28. The number of imidazole rings is 1. The molecule has 0 fully saturated rings. The maximum Gasteiger partial charge on any atom is 0.255 e. The minimum atomic E-state index is -0.197. The molecular formula is C27H25N3O2. The van der Waals surface area contributed by atoms with Crippen molar-refractivity contribution in [2.24, 2.45) is 0 Å². The van der Waals surface area contributed by atoms with Crippen LogP contribution in [0.1, 0.15) is 57.4 Å². The molecule has 0 radical (unpaired) electrons. The normalized spacial score (nSPS) is 11.4. The summed E-state index contributed by atoms with van der Waals surface area (Å²) in [5.41, 5.74) is 5.91. The number of hydrogen-bond donors (Lipinski definition) is 2. The number of aryl methyl sites for hydroxylation is 1. The molecule has 0 spiro atoms. The Balaban J connectivity index is 1.56. The number of H-pyrrole nitrogens is 1. The van der Waals surface area contributed by atoms with Crippen molar-refractivity contribution in [1.29, 1.82) is 0 Å². The van der Waals surface area contributed by atoms with E-state index in [9.17, 15) is 9.59 Å². The monoisotopic (exact) mass is 423 g/mol. The fraction of sp³-hybridized carbons (Fsp3) is 0.148. The van der Waals surface area contributed by atoms with Crippen LogP contribution in [0.25, 0.3) is 17.1 Å². The van der Waals surface area contributed by atoms with E-state index in [1.165, 1.54) is 6.08 Å². The van der Waals surface area contributed by atoms with Gasteiger partial charge in [-0.05, 0) is 72.0 Å². The molecule has 1 aromatic heterocycles. The van der Waals surface area contributed by atoms with Crippen molar-refractivity contribution in [1.82, 2.24) is 9.97 Å². The minimum absolute atomic E-state index is 0.161. The number of allylic oxidation sites excluding steroid dienone is 1. The first-order chi connectivity index (χ1) is 15.4. The number of aromatic nitrogens is 2. The van der Waals surface area contributed by atoms with Crippen LogP contribution in [-0.2, 0) is 0 Å². The summed E-state index contributed by atoms with van der Waals surface area (Å²) in [6, 6.07) is 20.8. The smallest absolute Gasteiger partial charge is 0.255 e. The fourth-order valence-electron chi connectivity index (χ4n) is 3.61. The molecule has 0 aliphatic carbocycles. The Morgan fingerprint density at radius 2 is 1.81 bits per heavy atom. The molecule has 4 aromatic rings. The van der Waals surface area contributed by atoms with Gasteiger partial charge in [0.2, 0.25) is 5.78 Å². The Morgan fingerprint density at radius 3 is 2.56 bits per heavy atom. The summed E-state index contributed by atoms with van der Waals surface area (Å²) in [5.74, 6) is 0.133. The van der Waals surface area contributed by atoms with Crippen LogP contribution in [0, 0.1) is 6.92 Å². The van der Waals surface area contributed by atoms with Gasteiger partial charge in [-0.1, -0.05) is 50.3 Å². The average Bonchev–Trinajstić information content (AvgIpc) is 3.22. The standard InChI is InChI=1S/C27H25N3O2/c1-17(2)22-16-20(27(32)28-21-8-6-7-18(3)15-21)12-11-19(22)13-14-25(31)26-29-23-9-4-5-10-24(23)30-26/h4-17H,1-3H3,(H,28,32)(H,29,30). The highest BCUT2D eigenvalue weighted by atomic mass is 16.1. The Kier molecular flexibility index (Phi) is 5.99. The number of aromatic amines is 1. The highest BCUT2D eigenvalue weighted by Crippen LogP contribution is 2.24. The molecule has 0 aliphatic rings. The van der Waals surface area contributed by atoms with E-state index in [2.05, 4.69) is 29.1 Å². The van der Waals surface area contributed by atoms with Gasteiger partial charge in [0.1, 0.15) is 0 Å². The number of para-hydroxylation sites is 2. The molecule has 32 heavy (non-hydrogen) atoms. The van der Waals surface area contributed by atoms with E-state index in [1.54, 1.807) is 12.1 Å². The summed E-state index contributed by atoms with van der Waals surface area (Å²) >= 11 is 0. The van der Waals surface area contributed by atoms with Gasteiger partial charge in [0.05, 0.1) is 11.0 Å². The van der Waals surface area contributed by atoms with Crippen LogP contribution in [0.4, 0.5) is 5.69 Å². The average molecular weight is 424 g/mol. The van der Waals surface area contributed by atoms with Crippen molar-refractivity contribution in [2.45, 2.75) is 26.7 Å². The van der Waals surface area contributed by atoms with Crippen molar-refractivity contribution in [3.05, 3.63) is 101 Å². The van der Waals surface area contributed by atoms with Gasteiger partial charge in [-0.15, -0.1) is 0 Å². The van der Waals surface area contributed by atoms with Gasteiger partial charge >= 0.3 is 0 Å². The highest BCUT2D eigenvalue weighted by Gasteiger charge is 2.13. The van der Waals surface area contributed by atoms with E-state index in [1.807, 2.05) is 67.6 Å². The zero-order chi connectivity index (χ0) is 22.7. The lowest BCUT2D eigenvalue weighted by Gasteiger charge is -2.13. The first-order valence-electron chi connectivity index (χ1n) is 10.6. The second kappa shape index (κ2) is 9.02. The van der Waals surface area contributed by atoms with Gasteiger partial charge in [0.15, 0.2) is 5.82 Å². The summed E-state index contributed by atoms with van der Waals surface area (Å²) in [6.45, 7) is 6.12. The maximum absolute atomic E-state index is 12.8. The second-order valence-electron chi connectivity index (χ2n) is 8.12. The number of benzene rings is 3. The van der Waals surface area contributed by atoms with E-state index in [-0.39, 0.29) is 17.6 Å². The van der Waals surface area contributed by atoms with E-state index >= 15 is 0 Å². The molecule has 0 bridgehead atoms. The number of amides is 1. The lowest BCUT2D eigenvalue weighted by atomic mass is 9.94. The molecule has 0 aliphatic heterocycles. The number of carbonyl (C=O) groups excluding carboxylic acids is 2. The molecule has 3 aromatic carbocycles. The number of ketones is 1. The second-order valence-corrected chi connectivity index (χ2v) is 8.12. The first kappa shape index (κ1) is 21.2. The topological polar surface area (TPSA) is 74.8 Å². The lowest BCUT2D eigenvalue weighted by molar-refractivity contribution is 0.102. The Bertz CT molecular complexity index is 1300. The van der Waals surface area contributed by atoms with E-state index in [0.717, 1.165) is 33.4 Å². The summed E-state index contributed by atoms with van der Waals surface area (Å²) in [6.07, 6.45) is 3.30. The van der Waals surface area contributed by atoms with Gasteiger partial charge in [-0.2, -0.15) is 0 Å². The third-order valence-electron chi connectivity index (χ3n) is 5.28. The van der Waals surface area contributed by atoms with E-state index in [4.69, 9.17) is 0 Å². The molecule has 0 unspecified atom stereocenters. The summed E-state index contributed by atoms with van der Waals surface area (Å²) in [7, 11) is 0. The number of hydrogen-bond acceptors (Lipinski definition) is 3. The van der Waals surface area contributed by atoms with E-state index in [0.29, 0.717) is 11.4 Å². The van der Waals surface area contributed by atoms with Crippen LogP contribution in [-0.4, -0.2) is 21.7 Å². The molecule has 1 amide bonds. The molecule has 1 heterocycles. The zero-order valence-electron chi connectivity index (χ0n) is 18.3. The molecule has 5 nitrogen and oxygen atoms in total. The lowest BCUT2D eigenvalue weighted by Crippen LogP contribution is -2.12. The van der Waals surface area contributed by atoms with Crippen LogP contribution < -0.4 is 5.32 Å². The SMILES string of the molecule is Cc1cccc(NC(=O)c2ccc(C=CC(=O)c3nc4ccccc4[nH]3)c(C(C)C)c2)c1. The van der Waals surface area contributed by atoms with Crippen molar-refractivity contribution >= 4 is 34.5 Å². The molecule has 0 atom stereocenters. The van der Waals surface area contributed by atoms with Crippen molar-refractivity contribution < 1.29 is 9.59 Å². The largest absolute Gasteiger partial charge is 0.335 e. The molecule has 0 saturated heterocycles. The van der Waals surface area contributed by atoms with Crippen LogP contribution in [0.15, 0.2) is 72.8 Å². The van der Waals surface area contributed by atoms with Gasteiger partial charge in [0, 0.05) is 11.3 Å². The Labute approximate surface area is 187 Å².